The molecule has 7 nitrogen and oxygen atoms in total. The van der Waals surface area contributed by atoms with Crippen molar-refractivity contribution >= 4 is 28.6 Å². The van der Waals surface area contributed by atoms with E-state index in [1.54, 1.807) is 31.2 Å². The van der Waals surface area contributed by atoms with Gasteiger partial charge in [-0.1, -0.05) is 29.8 Å². The van der Waals surface area contributed by atoms with Gasteiger partial charge in [-0.25, -0.2) is 9.78 Å². The summed E-state index contributed by atoms with van der Waals surface area (Å²) in [6.07, 6.45) is 1.39. The Bertz CT molecular complexity index is 1330. The van der Waals surface area contributed by atoms with Crippen LogP contribution in [0.25, 0.3) is 16.7 Å². The molecular formula is C25H24N4O3. The Labute approximate surface area is 186 Å². The molecule has 2 aromatic heterocycles. The van der Waals surface area contributed by atoms with E-state index in [1.165, 1.54) is 10.9 Å². The van der Waals surface area contributed by atoms with Crippen molar-refractivity contribution in [3.8, 4) is 5.82 Å². The quantitative estimate of drug-likeness (QED) is 0.463. The van der Waals surface area contributed by atoms with Crippen LogP contribution in [0.15, 0.2) is 54.7 Å². The second-order valence-corrected chi connectivity index (χ2v) is 7.63. The first-order valence-corrected chi connectivity index (χ1v) is 10.4. The maximum Gasteiger partial charge on any atom is 0.343 e. The second-order valence-electron chi connectivity index (χ2n) is 7.63. The van der Waals surface area contributed by atoms with E-state index in [4.69, 9.17) is 9.72 Å². The first-order chi connectivity index (χ1) is 15.4. The molecule has 0 atom stereocenters. The van der Waals surface area contributed by atoms with Crippen LogP contribution in [0.1, 0.15) is 44.3 Å². The smallest absolute Gasteiger partial charge is 0.343 e. The molecule has 4 rings (SSSR count). The molecule has 0 aliphatic rings. The molecule has 2 aromatic carbocycles. The molecule has 7 heteroatoms. The van der Waals surface area contributed by atoms with Crippen LogP contribution >= 0.6 is 0 Å². The highest BCUT2D eigenvalue weighted by molar-refractivity contribution is 6.07. The van der Waals surface area contributed by atoms with Gasteiger partial charge in [0.25, 0.3) is 5.91 Å². The lowest BCUT2D eigenvalue weighted by molar-refractivity contribution is 0.0527. The maximum atomic E-state index is 12.9. The molecule has 0 saturated heterocycles. The predicted molar refractivity (Wildman–Crippen MR) is 123 cm³/mol. The van der Waals surface area contributed by atoms with E-state index >= 15 is 0 Å². The lowest BCUT2D eigenvalue weighted by Gasteiger charge is -2.13. The number of aromatic nitrogens is 3. The summed E-state index contributed by atoms with van der Waals surface area (Å²) in [5, 5.41) is 8.25. The fourth-order valence-corrected chi connectivity index (χ4v) is 3.71. The molecule has 0 bridgehead atoms. The van der Waals surface area contributed by atoms with Crippen molar-refractivity contribution in [3.63, 3.8) is 0 Å². The summed E-state index contributed by atoms with van der Waals surface area (Å²) >= 11 is 0. The van der Waals surface area contributed by atoms with Crippen LogP contribution in [0.3, 0.4) is 0 Å². The van der Waals surface area contributed by atoms with E-state index in [1.807, 2.05) is 26.0 Å². The minimum atomic E-state index is -0.563. The Kier molecular flexibility index (Phi) is 5.73. The number of fused-ring (bicyclic) bond motifs is 1. The molecule has 2 heterocycles. The zero-order valence-electron chi connectivity index (χ0n) is 18.5. The summed E-state index contributed by atoms with van der Waals surface area (Å²) in [4.78, 5) is 30.2. The number of carbonyl (C=O) groups excluding carboxylic acids is 2. The minimum absolute atomic E-state index is 0.163. The van der Waals surface area contributed by atoms with Gasteiger partial charge < -0.3 is 10.1 Å². The van der Waals surface area contributed by atoms with Gasteiger partial charge in [0.05, 0.1) is 18.3 Å². The van der Waals surface area contributed by atoms with Crippen molar-refractivity contribution in [3.05, 3.63) is 82.5 Å². The number of amides is 1. The monoisotopic (exact) mass is 428 g/mol. The van der Waals surface area contributed by atoms with Crippen LogP contribution in [0.2, 0.25) is 0 Å². The number of anilines is 1. The number of rotatable bonds is 5. The molecule has 0 aliphatic carbocycles. The number of pyridine rings is 1. The Morgan fingerprint density at radius 3 is 2.50 bits per heavy atom. The van der Waals surface area contributed by atoms with Gasteiger partial charge >= 0.3 is 5.97 Å². The first kappa shape index (κ1) is 21.2. The average Bonchev–Trinajstić information content (AvgIpc) is 3.18. The van der Waals surface area contributed by atoms with E-state index in [-0.39, 0.29) is 23.9 Å². The predicted octanol–water partition coefficient (Wildman–Crippen LogP) is 4.77. The summed E-state index contributed by atoms with van der Waals surface area (Å²) in [5.41, 5.74) is 4.69. The third-order valence-electron chi connectivity index (χ3n) is 5.19. The highest BCUT2D eigenvalue weighted by atomic mass is 16.5. The average molecular weight is 428 g/mol. The van der Waals surface area contributed by atoms with Crippen LogP contribution in [0, 0.1) is 20.8 Å². The van der Waals surface area contributed by atoms with E-state index < -0.39 is 5.97 Å². The molecule has 0 unspecified atom stereocenters. The number of nitrogens with zero attached hydrogens (tertiary/aromatic N) is 3. The van der Waals surface area contributed by atoms with Crippen molar-refractivity contribution in [2.45, 2.75) is 27.7 Å². The van der Waals surface area contributed by atoms with Crippen molar-refractivity contribution in [2.75, 3.05) is 11.9 Å². The summed E-state index contributed by atoms with van der Waals surface area (Å²) in [6.45, 7) is 8.00. The van der Waals surface area contributed by atoms with E-state index in [2.05, 4.69) is 29.5 Å². The number of carbonyl (C=O) groups is 2. The molecule has 0 saturated carbocycles. The standard InChI is InChI=1S/C25H24N4O3/c1-5-32-25(31)20-14-26-29(23(20)28-24(30)18-9-7-6-8-10-18)21-13-16(3)19-12-15(2)11-17(4)22(19)27-21/h6-14H,5H2,1-4H3,(H,28,30). The van der Waals surface area contributed by atoms with Crippen molar-refractivity contribution in [1.29, 1.82) is 0 Å². The second kappa shape index (κ2) is 8.63. The van der Waals surface area contributed by atoms with Gasteiger partial charge in [-0.3, -0.25) is 4.79 Å². The van der Waals surface area contributed by atoms with Gasteiger partial charge in [0.2, 0.25) is 0 Å². The van der Waals surface area contributed by atoms with Crippen LogP contribution < -0.4 is 5.32 Å². The largest absolute Gasteiger partial charge is 0.462 e. The third-order valence-corrected chi connectivity index (χ3v) is 5.19. The number of hydrogen-bond donors (Lipinski definition) is 1. The summed E-state index contributed by atoms with van der Waals surface area (Å²) in [7, 11) is 0. The van der Waals surface area contributed by atoms with Crippen molar-refractivity contribution in [1.82, 2.24) is 14.8 Å². The molecule has 32 heavy (non-hydrogen) atoms. The minimum Gasteiger partial charge on any atom is -0.462 e. The van der Waals surface area contributed by atoms with Crippen LogP contribution in [0.4, 0.5) is 5.82 Å². The van der Waals surface area contributed by atoms with Gasteiger partial charge in [-0.15, -0.1) is 0 Å². The molecule has 1 N–H and O–H groups in total. The molecule has 0 fully saturated rings. The highest BCUT2D eigenvalue weighted by Crippen LogP contribution is 2.27. The Hall–Kier alpha value is -4.00. The molecule has 0 radical (unpaired) electrons. The number of hydrogen-bond acceptors (Lipinski definition) is 5. The maximum absolute atomic E-state index is 12.9. The fourth-order valence-electron chi connectivity index (χ4n) is 3.71. The van der Waals surface area contributed by atoms with E-state index in [0.717, 1.165) is 27.6 Å². The van der Waals surface area contributed by atoms with E-state index in [0.29, 0.717) is 11.4 Å². The van der Waals surface area contributed by atoms with E-state index in [9.17, 15) is 9.59 Å². The Morgan fingerprint density at radius 2 is 1.78 bits per heavy atom. The fraction of sp³-hybridized carbons (Fsp3) is 0.200. The molecule has 0 spiro atoms. The lowest BCUT2D eigenvalue weighted by atomic mass is 10.0. The molecule has 162 valence electrons. The first-order valence-electron chi connectivity index (χ1n) is 10.4. The Morgan fingerprint density at radius 1 is 1.03 bits per heavy atom. The van der Waals surface area contributed by atoms with Crippen molar-refractivity contribution < 1.29 is 14.3 Å². The van der Waals surface area contributed by atoms with Crippen molar-refractivity contribution in [2.24, 2.45) is 0 Å². The van der Waals surface area contributed by atoms with Crippen LogP contribution in [0.5, 0.6) is 0 Å². The SMILES string of the molecule is CCOC(=O)c1cnn(-c2cc(C)c3cc(C)cc(C)c3n2)c1NC(=O)c1ccccc1. The third kappa shape index (κ3) is 3.97. The molecule has 1 amide bonds. The van der Waals surface area contributed by atoms with Gasteiger partial charge in [-0.05, 0) is 63.1 Å². The van der Waals surface area contributed by atoms with Gasteiger partial charge in [0, 0.05) is 10.9 Å². The zero-order chi connectivity index (χ0) is 22.8. The lowest BCUT2D eigenvalue weighted by Crippen LogP contribution is -2.18. The normalized spacial score (nSPS) is 10.9. The van der Waals surface area contributed by atoms with Gasteiger partial charge in [0.1, 0.15) is 5.56 Å². The zero-order valence-corrected chi connectivity index (χ0v) is 18.5. The summed E-state index contributed by atoms with van der Waals surface area (Å²) < 4.78 is 6.64. The topological polar surface area (TPSA) is 86.1 Å². The van der Waals surface area contributed by atoms with Gasteiger partial charge in [-0.2, -0.15) is 9.78 Å². The summed E-state index contributed by atoms with van der Waals surface area (Å²) in [5.74, 6) is -0.206. The molecular weight excluding hydrogens is 404 g/mol. The number of ether oxygens (including phenoxy) is 1. The number of benzene rings is 2. The molecule has 4 aromatic rings. The Balaban J connectivity index is 1.85. The highest BCUT2D eigenvalue weighted by Gasteiger charge is 2.23. The molecule has 0 aliphatic heterocycles. The van der Waals surface area contributed by atoms with Crippen LogP contribution in [-0.2, 0) is 4.74 Å². The number of nitrogens with one attached hydrogen (secondary N) is 1. The number of aryl methyl sites for hydroxylation is 3. The van der Waals surface area contributed by atoms with Crippen LogP contribution in [-0.4, -0.2) is 33.2 Å². The summed E-state index contributed by atoms with van der Waals surface area (Å²) in [6, 6.07) is 14.8. The van der Waals surface area contributed by atoms with Gasteiger partial charge in [0.15, 0.2) is 11.6 Å². The number of esters is 1.